The van der Waals surface area contributed by atoms with Gasteiger partial charge in [-0.25, -0.2) is 0 Å². The Labute approximate surface area is 537 Å². The van der Waals surface area contributed by atoms with E-state index < -0.39 is 0 Å². The number of hydrogen-bond acceptors (Lipinski definition) is 2. The lowest BCUT2D eigenvalue weighted by molar-refractivity contribution is -0.710. The van der Waals surface area contributed by atoms with Crippen LogP contribution in [0.3, 0.4) is 0 Å². The molecule has 2 aromatic heterocycles. The van der Waals surface area contributed by atoms with Gasteiger partial charge in [0, 0.05) is 103 Å². The van der Waals surface area contributed by atoms with E-state index in [1.165, 1.54) is 304 Å². The number of aromatic nitrogens is 2. The third kappa shape index (κ3) is 43.0. The molecule has 0 atom stereocenters. The first kappa shape index (κ1) is 79.3. The Bertz CT molecular complexity index is 1740. The molecular weight excluding hydrogens is 1050 g/mol. The number of aryl methyl sites for hydroxylation is 6. The number of amides is 2. The number of hydrogen-bond donors (Lipinski definition) is 0. The fraction of sp³-hybridized carbons (Fsp3) is 0.850. The Hall–Kier alpha value is -2.76. The minimum Gasteiger partial charge on any atom is -0.342 e. The molecule has 0 fully saturated rings. The molecule has 6 nitrogen and oxygen atoms in total. The second-order valence-corrected chi connectivity index (χ2v) is 27.7. The van der Waals surface area contributed by atoms with Gasteiger partial charge in [0.15, 0.2) is 35.9 Å². The van der Waals surface area contributed by atoms with Gasteiger partial charge in [0.25, 0.3) is 0 Å². The van der Waals surface area contributed by atoms with Gasteiger partial charge in [0.05, 0.1) is 0 Å². The first-order valence-electron chi connectivity index (χ1n) is 38.7. The Balaban J connectivity index is 2.09. The predicted octanol–water partition coefficient (Wildman–Crippen LogP) is 23.3. The summed E-state index contributed by atoms with van der Waals surface area (Å²) in [6.45, 7) is 23.4. The summed E-state index contributed by atoms with van der Waals surface area (Å²) in [5.74, 6) is 0.690. The Kier molecular flexibility index (Phi) is 53.0. The smallest absolute Gasteiger partial charge is 0.222 e. The zero-order valence-electron chi connectivity index (χ0n) is 59.3. The number of nitrogens with zero attached hydrogens (tertiary/aromatic N) is 4. The summed E-state index contributed by atoms with van der Waals surface area (Å²) >= 11 is 0. The molecule has 0 aromatic carbocycles. The van der Waals surface area contributed by atoms with Gasteiger partial charge in [0.1, 0.15) is 0 Å². The summed E-state index contributed by atoms with van der Waals surface area (Å²) in [5.41, 5.74) is 8.37. The lowest BCUT2D eigenvalue weighted by atomic mass is 10.0. The first-order valence-corrected chi connectivity index (χ1v) is 38.7. The quantitative estimate of drug-likeness (QED) is 0.0489. The topological polar surface area (TPSA) is 48.4 Å². The molecule has 0 unspecified atom stereocenters. The van der Waals surface area contributed by atoms with Crippen LogP contribution < -0.4 is 9.13 Å². The molecule has 0 aliphatic carbocycles. The molecule has 2 rings (SSSR count). The van der Waals surface area contributed by atoms with Gasteiger partial charge in [0.2, 0.25) is 11.8 Å². The summed E-state index contributed by atoms with van der Waals surface area (Å²) in [6.07, 6.45) is 69.1. The van der Waals surface area contributed by atoms with E-state index in [0.29, 0.717) is 24.7 Å². The molecule has 0 bridgehead atoms. The highest BCUT2D eigenvalue weighted by atomic mass is 16.2. The van der Waals surface area contributed by atoms with Crippen LogP contribution in [0.5, 0.6) is 0 Å². The van der Waals surface area contributed by atoms with Crippen LogP contribution in [-0.4, -0.2) is 47.8 Å². The monoisotopic (exact) mass is 1200 g/mol. The summed E-state index contributed by atoms with van der Waals surface area (Å²) in [5, 5.41) is 0. The molecule has 2 aromatic rings. The normalized spacial score (nSPS) is 11.6. The van der Waals surface area contributed by atoms with Gasteiger partial charge in [-0.05, 0) is 63.5 Å². The van der Waals surface area contributed by atoms with E-state index >= 15 is 0 Å². The zero-order chi connectivity index (χ0) is 62.2. The van der Waals surface area contributed by atoms with Crippen molar-refractivity contribution < 1.29 is 18.7 Å². The average Bonchev–Trinajstić information content (AvgIpc) is 3.58. The van der Waals surface area contributed by atoms with Crippen molar-refractivity contribution in [1.29, 1.82) is 0 Å². The third-order valence-corrected chi connectivity index (χ3v) is 19.2. The minimum absolute atomic E-state index is 0.345. The van der Waals surface area contributed by atoms with Crippen molar-refractivity contribution in [1.82, 2.24) is 9.80 Å². The maximum Gasteiger partial charge on any atom is 0.222 e. The van der Waals surface area contributed by atoms with Crippen LogP contribution in [0.4, 0.5) is 0 Å². The van der Waals surface area contributed by atoms with Crippen molar-refractivity contribution in [3.05, 3.63) is 58.2 Å². The van der Waals surface area contributed by atoms with Crippen molar-refractivity contribution in [3.8, 4) is 0 Å². The van der Waals surface area contributed by atoms with Gasteiger partial charge in [-0.3, -0.25) is 9.59 Å². The van der Waals surface area contributed by atoms with Crippen molar-refractivity contribution in [2.75, 3.05) is 26.2 Å². The third-order valence-electron chi connectivity index (χ3n) is 19.2. The summed E-state index contributed by atoms with van der Waals surface area (Å²) in [4.78, 5) is 33.0. The van der Waals surface area contributed by atoms with Crippen LogP contribution in [0.1, 0.15) is 395 Å². The molecule has 6 heteroatoms. The van der Waals surface area contributed by atoms with E-state index in [1.807, 2.05) is 0 Å². The highest BCUT2D eigenvalue weighted by molar-refractivity contribution is 5.76. The van der Waals surface area contributed by atoms with Crippen LogP contribution in [0.15, 0.2) is 24.3 Å². The number of carbonyl (C=O) groups excluding carboxylic acids is 2. The molecule has 0 N–H and O–H groups in total. The maximum absolute atomic E-state index is 14.3. The Morgan fingerprint density at radius 2 is 0.500 bits per heavy atom. The predicted molar refractivity (Wildman–Crippen MR) is 376 cm³/mol. The number of pyridine rings is 2. The second kappa shape index (κ2) is 57.4. The SMILES string of the molecule is CCCCCCCCCCCCCCc1cc(C)cc(C)[n+]1CCCN(CCCCN(CCC[n+]1c(C)cc(C)cc1CCCCCCCCCCCCCC)C(=O)CCCCCCCCCCCCC)C(=O)CCCCCCCCCCCCC. The molecule has 0 aliphatic rings. The van der Waals surface area contributed by atoms with E-state index in [9.17, 15) is 9.59 Å². The van der Waals surface area contributed by atoms with Crippen molar-refractivity contribution in [2.45, 2.75) is 415 Å². The van der Waals surface area contributed by atoms with Crippen molar-refractivity contribution in [2.24, 2.45) is 0 Å². The zero-order valence-corrected chi connectivity index (χ0v) is 59.3. The minimum atomic E-state index is 0.345. The lowest BCUT2D eigenvalue weighted by Crippen LogP contribution is -2.44. The van der Waals surface area contributed by atoms with E-state index in [2.05, 4.69) is 98.6 Å². The molecule has 498 valence electrons. The molecule has 0 saturated carbocycles. The van der Waals surface area contributed by atoms with E-state index in [-0.39, 0.29) is 0 Å². The van der Waals surface area contributed by atoms with Crippen LogP contribution in [0, 0.1) is 27.7 Å². The lowest BCUT2D eigenvalue weighted by Gasteiger charge is -2.25. The van der Waals surface area contributed by atoms with Gasteiger partial charge in [-0.2, -0.15) is 9.13 Å². The van der Waals surface area contributed by atoms with Crippen LogP contribution in [0.25, 0.3) is 0 Å². The molecule has 0 spiro atoms. The van der Waals surface area contributed by atoms with E-state index in [0.717, 1.165) is 103 Å². The Morgan fingerprint density at radius 1 is 0.279 bits per heavy atom. The van der Waals surface area contributed by atoms with Gasteiger partial charge >= 0.3 is 0 Å². The average molecular weight is 1200 g/mol. The van der Waals surface area contributed by atoms with Gasteiger partial charge in [-0.1, -0.05) is 297 Å². The molecule has 0 saturated heterocycles. The standard InChI is InChI=1S/C80H148N4O2/c1-9-13-17-21-25-29-33-37-39-43-47-51-59-77-71-73(5)69-75(7)83(77)67-57-65-81(79(85)61-53-49-45-41-35-31-27-23-19-15-11-3)63-55-56-64-82(80(86)62-54-50-46-42-36-32-28-24-20-16-12-4)66-58-68-84-76(8)70-74(6)72-78(84)60-52-48-44-40-38-34-30-26-22-18-14-10-2/h69-72H,9-68H2,1-8H3/q+2. The summed E-state index contributed by atoms with van der Waals surface area (Å²) in [6, 6.07) is 9.58. The fourth-order valence-corrected chi connectivity index (χ4v) is 13.7. The summed E-state index contributed by atoms with van der Waals surface area (Å²) < 4.78 is 5.16. The summed E-state index contributed by atoms with van der Waals surface area (Å²) in [7, 11) is 0. The second-order valence-electron chi connectivity index (χ2n) is 27.7. The first-order chi connectivity index (χ1) is 42.1. The number of rotatable bonds is 63. The molecule has 2 heterocycles. The molecule has 0 aliphatic heterocycles. The highest BCUT2D eigenvalue weighted by Crippen LogP contribution is 2.19. The largest absolute Gasteiger partial charge is 0.342 e. The molecule has 2 amide bonds. The Morgan fingerprint density at radius 3 is 0.756 bits per heavy atom. The van der Waals surface area contributed by atoms with Crippen LogP contribution in [-0.2, 0) is 35.5 Å². The van der Waals surface area contributed by atoms with Crippen molar-refractivity contribution in [3.63, 3.8) is 0 Å². The molecule has 86 heavy (non-hydrogen) atoms. The van der Waals surface area contributed by atoms with E-state index in [4.69, 9.17) is 0 Å². The molecule has 0 radical (unpaired) electrons. The van der Waals surface area contributed by atoms with E-state index in [1.54, 1.807) is 0 Å². The van der Waals surface area contributed by atoms with Crippen molar-refractivity contribution >= 4 is 11.8 Å². The van der Waals surface area contributed by atoms with Crippen LogP contribution >= 0.6 is 0 Å². The van der Waals surface area contributed by atoms with Gasteiger partial charge in [-0.15, -0.1) is 0 Å². The number of carbonyl (C=O) groups is 2. The van der Waals surface area contributed by atoms with Crippen LogP contribution in [0.2, 0.25) is 0 Å². The number of unbranched alkanes of at least 4 members (excludes halogenated alkanes) is 43. The van der Waals surface area contributed by atoms with Gasteiger partial charge < -0.3 is 9.80 Å². The maximum atomic E-state index is 14.3. The fourth-order valence-electron chi connectivity index (χ4n) is 13.7. The molecular formula is C80H148N4O2+2. The highest BCUT2D eigenvalue weighted by Gasteiger charge is 2.21.